The average Bonchev–Trinajstić information content (AvgIpc) is 1.70. The third-order valence-electron chi connectivity index (χ3n) is 29.0. The highest BCUT2D eigenvalue weighted by Gasteiger charge is 2.35. The van der Waals surface area contributed by atoms with E-state index in [2.05, 4.69) is 92.7 Å². The van der Waals surface area contributed by atoms with Gasteiger partial charge in [-0.1, -0.05) is 183 Å². The number of rotatable bonds is 33. The standard InChI is InChI=1S/C15H20FNO.C12H23NO.2C11H21NO.C10H17N.C10H20OS.C10H20O.C9H17N3.C9H18O2S/c1-15(7-2-3-8-15)9-10-17-14(18)12-5-4-6-13(16)11-12;1-12(4-2-3-5-12)6-7-13-8-10-14-11-9-13;1-10(13)12(3)9-8-11(2)6-4-5-7-11;1-10(13)12-9-5-8-11(2)6-3-4-7-11;1-10(6-3-4-7-10)8-5-9-11-2;1-10(6-3-4-7-10)8-5-9-12(2)11;1-10(6-3-4-7-10)8-5-9-11-2;1-9(5-2-3-6-9)7-4-8-11-12-10;1-9(5-3-6-9)7-4-8-12(2,10)11/h4-6,11H,2-3,7-10H2,1H3,(H,17,18);2-11H2,1H3;4-9H2,1-3H3;3-9H2,1-2H3,(H,12,13);3-9H2,1H3;3-9H2,1-2H3;3-9H2,1-2H3;2-8H2,1H3;3-8H2,1-2H3. The van der Waals surface area contributed by atoms with Crippen LogP contribution >= 0.6 is 0 Å². The number of hydrogen-bond donors (Lipinski definition) is 2. The van der Waals surface area contributed by atoms with Crippen LogP contribution in [-0.4, -0.2) is 151 Å². The van der Waals surface area contributed by atoms with Crippen LogP contribution in [0.1, 0.15) is 408 Å². The number of carbonyl (C=O) groups is 3. The van der Waals surface area contributed by atoms with Crippen molar-refractivity contribution in [2.24, 2.45) is 53.8 Å². The number of ether oxygens (including phenoxy) is 2. The van der Waals surface area contributed by atoms with E-state index in [1.165, 1.54) is 301 Å². The Bertz CT molecular complexity index is 3020. The smallest absolute Gasteiger partial charge is 0.251 e. The largest absolute Gasteiger partial charge is 0.385 e. The lowest BCUT2D eigenvalue weighted by atomic mass is 9.68. The summed E-state index contributed by atoms with van der Waals surface area (Å²) in [7, 11) is 0.364. The van der Waals surface area contributed by atoms with Crippen LogP contribution in [0.25, 0.3) is 15.3 Å². The molecule has 1 aliphatic heterocycles. The van der Waals surface area contributed by atoms with Crippen LogP contribution in [0, 0.1) is 61.1 Å². The number of hydrogen-bond acceptors (Lipinski definition) is 10. The maximum absolute atomic E-state index is 13.0. The summed E-state index contributed by atoms with van der Waals surface area (Å²) in [6, 6.07) is 5.81. The van der Waals surface area contributed by atoms with Crippen molar-refractivity contribution < 1.29 is 40.9 Å². The summed E-state index contributed by atoms with van der Waals surface area (Å²) in [5, 5.41) is 9.26. The van der Waals surface area contributed by atoms with Gasteiger partial charge in [0.05, 0.1) is 13.2 Å². The summed E-state index contributed by atoms with van der Waals surface area (Å²) in [6.07, 6.45) is 69.1. The minimum Gasteiger partial charge on any atom is -0.385 e. The van der Waals surface area contributed by atoms with E-state index < -0.39 is 20.6 Å². The summed E-state index contributed by atoms with van der Waals surface area (Å²) >= 11 is 0. The molecule has 0 spiro atoms. The van der Waals surface area contributed by atoms with Crippen LogP contribution < -0.4 is 10.6 Å². The van der Waals surface area contributed by atoms with Crippen LogP contribution in [0.3, 0.4) is 0 Å². The number of morpholine rings is 1. The highest BCUT2D eigenvalue weighted by molar-refractivity contribution is 7.90. The van der Waals surface area contributed by atoms with Crippen molar-refractivity contribution in [1.29, 1.82) is 0 Å². The van der Waals surface area contributed by atoms with E-state index in [-0.39, 0.29) is 23.5 Å². The second-order valence-electron chi connectivity index (χ2n) is 41.1. The van der Waals surface area contributed by atoms with E-state index in [1.807, 2.05) is 11.9 Å². The van der Waals surface area contributed by atoms with Gasteiger partial charge in [-0.3, -0.25) is 23.5 Å². The number of sulfone groups is 1. The highest BCUT2D eigenvalue weighted by atomic mass is 32.2. The van der Waals surface area contributed by atoms with Crippen molar-refractivity contribution in [3.05, 3.63) is 57.5 Å². The van der Waals surface area contributed by atoms with Gasteiger partial charge in [0, 0.05) is 126 Å². The van der Waals surface area contributed by atoms with Gasteiger partial charge in [-0.2, -0.15) is 0 Å². The van der Waals surface area contributed by atoms with Gasteiger partial charge < -0.3 is 29.9 Å². The fraction of sp³-hybridized carbons (Fsp3) is 0.897. The summed E-state index contributed by atoms with van der Waals surface area (Å²) in [6.45, 7) is 41.5. The molecule has 0 radical (unpaired) electrons. The Hall–Kier alpha value is -3.66. The minimum atomic E-state index is -2.73. The molecule has 1 atom stereocenters. The fourth-order valence-corrected chi connectivity index (χ4v) is 21.2. The molecule has 16 nitrogen and oxygen atoms in total. The zero-order valence-electron chi connectivity index (χ0n) is 77.5. The SMILES string of the molecule is CC(=O)N(C)CCC1(C)CCCC1.CC(=O)NCCCC1(C)CCCC1.CC1(CCCN=[N+]=[N-])CCCC1.CC1(CCCS(C)(=O)=O)CCC1.CC1(CCN2CCOCC2)CCCC1.CC1(CCNC(=O)c2cccc(F)c2)CCCC1.COCCCC1(C)CCCC1.CS(=O)CCCC1(C)CCCC1.[C-]#[N+]CCCC1(C)CCCC1. The van der Waals surface area contributed by atoms with Gasteiger partial charge in [-0.15, -0.1) is 0 Å². The summed E-state index contributed by atoms with van der Waals surface area (Å²) < 4.78 is 55.9. The van der Waals surface area contributed by atoms with E-state index in [4.69, 9.17) is 21.6 Å². The van der Waals surface area contributed by atoms with Crippen LogP contribution in [-0.2, 0) is 39.7 Å². The molecule has 1 heterocycles. The van der Waals surface area contributed by atoms with Crippen molar-refractivity contribution in [3.63, 3.8) is 0 Å². The number of halogens is 1. The Balaban J connectivity index is 0.000000339. The summed E-state index contributed by atoms with van der Waals surface area (Å²) in [5.74, 6) is 0.984. The van der Waals surface area contributed by atoms with Crippen molar-refractivity contribution in [2.45, 2.75) is 397 Å². The maximum atomic E-state index is 13.0. The van der Waals surface area contributed by atoms with Crippen LogP contribution in [0.15, 0.2) is 29.4 Å². The molecule has 1 unspecified atom stereocenters. The van der Waals surface area contributed by atoms with E-state index in [0.29, 0.717) is 73.1 Å². The van der Waals surface area contributed by atoms with Gasteiger partial charge in [-0.25, -0.2) is 19.4 Å². The molecule has 1 saturated heterocycles. The number of nitrogens with zero attached hydrogens (tertiary/aromatic N) is 6. The van der Waals surface area contributed by atoms with E-state index in [1.54, 1.807) is 39.3 Å². The molecule has 9 aliphatic carbocycles. The second kappa shape index (κ2) is 56.9. The normalized spacial score (nSPS) is 21.7. The first-order chi connectivity index (χ1) is 54.9. The van der Waals surface area contributed by atoms with Gasteiger partial charge >= 0.3 is 0 Å². The van der Waals surface area contributed by atoms with Gasteiger partial charge in [0.25, 0.3) is 5.91 Å². The highest BCUT2D eigenvalue weighted by Crippen LogP contribution is 2.48. The van der Waals surface area contributed by atoms with E-state index >= 15 is 0 Å². The lowest BCUT2D eigenvalue weighted by Gasteiger charge is -2.38. The number of nitrogens with one attached hydrogen (secondary N) is 2. The fourth-order valence-electron chi connectivity index (χ4n) is 20.0. The van der Waals surface area contributed by atoms with Gasteiger partial charge in [-0.05, 0) is 284 Å². The lowest BCUT2D eigenvalue weighted by Crippen LogP contribution is -2.38. The molecule has 10 aliphatic rings. The molecule has 672 valence electrons. The first-order valence-electron chi connectivity index (χ1n) is 47.0. The predicted octanol–water partition coefficient (Wildman–Crippen LogP) is 25.4. The number of carbonyl (C=O) groups excluding carboxylic acids is 3. The Kier molecular flexibility index (Phi) is 52.3. The molecule has 3 amide bonds. The first-order valence-corrected chi connectivity index (χ1v) is 50.8. The molecule has 1 aromatic rings. The van der Waals surface area contributed by atoms with Crippen molar-refractivity contribution in [1.82, 2.24) is 20.4 Å². The molecule has 19 heteroatoms. The first kappa shape index (κ1) is 107. The zero-order chi connectivity index (χ0) is 85.9. The molecule has 0 aromatic heterocycles. The lowest BCUT2D eigenvalue weighted by molar-refractivity contribution is -0.127. The number of azide groups is 1. The summed E-state index contributed by atoms with van der Waals surface area (Å²) in [5.41, 5.74) is 13.5. The van der Waals surface area contributed by atoms with Crippen molar-refractivity contribution in [2.75, 3.05) is 110 Å². The Morgan fingerprint density at radius 2 is 0.948 bits per heavy atom. The molecule has 116 heavy (non-hydrogen) atoms. The average molecular weight is 1670 g/mol. The van der Waals surface area contributed by atoms with Crippen molar-refractivity contribution >= 4 is 38.4 Å². The summed E-state index contributed by atoms with van der Waals surface area (Å²) in [4.78, 5) is 43.9. The van der Waals surface area contributed by atoms with Gasteiger partial charge in [0.2, 0.25) is 18.4 Å². The monoisotopic (exact) mass is 1670 g/mol. The number of benzene rings is 1. The third-order valence-corrected chi connectivity index (χ3v) is 30.9. The third kappa shape index (κ3) is 49.4. The zero-order valence-corrected chi connectivity index (χ0v) is 79.1. The number of methoxy groups -OCH3 is 1. The quantitative estimate of drug-likeness (QED) is 0.0225. The predicted molar refractivity (Wildman–Crippen MR) is 488 cm³/mol. The molecule has 1 aromatic carbocycles. The van der Waals surface area contributed by atoms with E-state index in [9.17, 15) is 31.4 Å². The molecular formula is C97H177FN8O8S2. The second-order valence-corrected chi connectivity index (χ2v) is 44.9. The topological polar surface area (TPSA) is 205 Å². The van der Waals surface area contributed by atoms with Crippen LogP contribution in [0.5, 0.6) is 0 Å². The maximum Gasteiger partial charge on any atom is 0.251 e. The molecule has 9 saturated carbocycles. The van der Waals surface area contributed by atoms with Crippen LogP contribution in [0.2, 0.25) is 0 Å². The Morgan fingerprint density at radius 1 is 0.560 bits per heavy atom. The Labute approximate surface area is 714 Å². The molecule has 11 rings (SSSR count). The Morgan fingerprint density at radius 3 is 1.33 bits per heavy atom. The molecule has 2 N–H and O–H groups in total. The molecular weight excluding hydrogens is 1490 g/mol. The molecule has 0 bridgehead atoms. The van der Waals surface area contributed by atoms with E-state index in [0.717, 1.165) is 103 Å². The minimum absolute atomic E-state index is 0.0941. The van der Waals surface area contributed by atoms with Gasteiger partial charge in [0.1, 0.15) is 15.7 Å². The molecule has 10 fully saturated rings. The number of amides is 3. The van der Waals surface area contributed by atoms with Gasteiger partial charge in [0.15, 0.2) is 0 Å². The van der Waals surface area contributed by atoms with Crippen LogP contribution in [0.4, 0.5) is 4.39 Å². The van der Waals surface area contributed by atoms with Crippen molar-refractivity contribution in [3.8, 4) is 0 Å².